The summed E-state index contributed by atoms with van der Waals surface area (Å²) < 4.78 is 12.9. The zero-order valence-corrected chi connectivity index (χ0v) is 20.0. The molecule has 0 bridgehead atoms. The van der Waals surface area contributed by atoms with Gasteiger partial charge >= 0.3 is 0 Å². The summed E-state index contributed by atoms with van der Waals surface area (Å²) in [5.74, 6) is 1.94. The number of aryl methyl sites for hydroxylation is 2. The van der Waals surface area contributed by atoms with Gasteiger partial charge in [0.05, 0.1) is 12.8 Å². The SMILES string of the molecule is COc1ccc(C(NC(=O)c2sc(COc3ccc(Cl)cc3)nc2C)c2nccn2C)cc1. The second-order valence-corrected chi connectivity index (χ2v) is 8.86. The summed E-state index contributed by atoms with van der Waals surface area (Å²) in [5.41, 5.74) is 1.55. The molecule has 33 heavy (non-hydrogen) atoms. The van der Waals surface area contributed by atoms with E-state index in [4.69, 9.17) is 21.1 Å². The molecule has 1 unspecified atom stereocenters. The molecule has 0 spiro atoms. The number of hydrogen-bond donors (Lipinski definition) is 1. The molecule has 4 rings (SSSR count). The number of nitrogens with one attached hydrogen (secondary N) is 1. The fourth-order valence-corrected chi connectivity index (χ4v) is 4.35. The first-order valence-electron chi connectivity index (χ1n) is 10.2. The van der Waals surface area contributed by atoms with Gasteiger partial charge in [0.15, 0.2) is 0 Å². The number of carbonyl (C=O) groups excluding carboxylic acids is 1. The molecule has 2 aromatic heterocycles. The number of hydrogen-bond acceptors (Lipinski definition) is 6. The molecule has 4 aromatic rings. The Kier molecular flexibility index (Phi) is 6.96. The van der Waals surface area contributed by atoms with E-state index in [2.05, 4.69) is 15.3 Å². The first-order chi connectivity index (χ1) is 15.9. The third-order valence-corrected chi connectivity index (χ3v) is 6.45. The molecule has 9 heteroatoms. The molecule has 0 aliphatic carbocycles. The first-order valence-corrected chi connectivity index (χ1v) is 11.4. The van der Waals surface area contributed by atoms with Crippen molar-refractivity contribution >= 4 is 28.8 Å². The molecule has 0 fully saturated rings. The Morgan fingerprint density at radius 1 is 1.15 bits per heavy atom. The van der Waals surface area contributed by atoms with Gasteiger partial charge in [-0.1, -0.05) is 23.7 Å². The number of nitrogens with zero attached hydrogens (tertiary/aromatic N) is 3. The first kappa shape index (κ1) is 22.8. The number of halogens is 1. The van der Waals surface area contributed by atoms with Crippen molar-refractivity contribution in [3.8, 4) is 11.5 Å². The quantitative estimate of drug-likeness (QED) is 0.384. The summed E-state index contributed by atoms with van der Waals surface area (Å²) in [7, 11) is 3.52. The number of rotatable bonds is 8. The van der Waals surface area contributed by atoms with Crippen LogP contribution < -0.4 is 14.8 Å². The second kappa shape index (κ2) is 10.1. The van der Waals surface area contributed by atoms with Gasteiger partial charge in [0.2, 0.25) is 0 Å². The maximum absolute atomic E-state index is 13.2. The van der Waals surface area contributed by atoms with Crippen molar-refractivity contribution in [3.05, 3.63) is 92.9 Å². The van der Waals surface area contributed by atoms with Crippen LogP contribution in [0.25, 0.3) is 0 Å². The molecular formula is C24H23ClN4O3S. The van der Waals surface area contributed by atoms with Gasteiger partial charge in [0.25, 0.3) is 5.91 Å². The van der Waals surface area contributed by atoms with Gasteiger partial charge in [-0.2, -0.15) is 0 Å². The van der Waals surface area contributed by atoms with Gasteiger partial charge in [-0.05, 0) is 48.9 Å². The summed E-state index contributed by atoms with van der Waals surface area (Å²) in [6.07, 6.45) is 3.56. The van der Waals surface area contributed by atoms with Crippen LogP contribution in [0.3, 0.4) is 0 Å². The van der Waals surface area contributed by atoms with Crippen LogP contribution >= 0.6 is 22.9 Å². The summed E-state index contributed by atoms with van der Waals surface area (Å²) >= 11 is 7.23. The Labute approximate surface area is 201 Å². The Balaban J connectivity index is 1.53. The number of aromatic nitrogens is 3. The fourth-order valence-electron chi connectivity index (χ4n) is 3.35. The molecule has 1 atom stereocenters. The van der Waals surface area contributed by atoms with Crippen molar-refractivity contribution in [2.24, 2.45) is 7.05 Å². The van der Waals surface area contributed by atoms with Crippen LogP contribution in [-0.4, -0.2) is 27.6 Å². The highest BCUT2D eigenvalue weighted by atomic mass is 35.5. The summed E-state index contributed by atoms with van der Waals surface area (Å²) in [4.78, 5) is 22.8. The van der Waals surface area contributed by atoms with Gasteiger partial charge < -0.3 is 19.4 Å². The Bertz CT molecular complexity index is 1240. The number of amides is 1. The van der Waals surface area contributed by atoms with E-state index in [1.54, 1.807) is 37.6 Å². The molecule has 2 aromatic carbocycles. The van der Waals surface area contributed by atoms with Crippen LogP contribution in [0.1, 0.15) is 37.8 Å². The highest BCUT2D eigenvalue weighted by Gasteiger charge is 2.24. The minimum atomic E-state index is -0.432. The van der Waals surface area contributed by atoms with E-state index in [0.29, 0.717) is 26.4 Å². The monoisotopic (exact) mass is 482 g/mol. The van der Waals surface area contributed by atoms with E-state index in [9.17, 15) is 4.79 Å². The lowest BCUT2D eigenvalue weighted by Crippen LogP contribution is -2.31. The third-order valence-electron chi connectivity index (χ3n) is 5.06. The molecule has 0 aliphatic rings. The van der Waals surface area contributed by atoms with E-state index in [-0.39, 0.29) is 12.5 Å². The number of imidazole rings is 1. The van der Waals surface area contributed by atoms with Crippen LogP contribution in [0.15, 0.2) is 60.9 Å². The molecule has 170 valence electrons. The third kappa shape index (κ3) is 5.35. The van der Waals surface area contributed by atoms with Gasteiger partial charge in [-0.3, -0.25) is 4.79 Å². The van der Waals surface area contributed by atoms with Crippen molar-refractivity contribution in [1.82, 2.24) is 19.9 Å². The molecule has 0 saturated heterocycles. The topological polar surface area (TPSA) is 78.3 Å². The minimum Gasteiger partial charge on any atom is -0.497 e. The largest absolute Gasteiger partial charge is 0.497 e. The van der Waals surface area contributed by atoms with Gasteiger partial charge in [-0.25, -0.2) is 9.97 Å². The van der Waals surface area contributed by atoms with Crippen molar-refractivity contribution in [3.63, 3.8) is 0 Å². The average Bonchev–Trinajstić information content (AvgIpc) is 3.42. The predicted octanol–water partition coefficient (Wildman–Crippen LogP) is 4.95. The molecule has 7 nitrogen and oxygen atoms in total. The number of ether oxygens (including phenoxy) is 2. The zero-order chi connectivity index (χ0) is 23.4. The maximum atomic E-state index is 13.2. The van der Waals surface area contributed by atoms with E-state index in [1.807, 2.05) is 49.0 Å². The lowest BCUT2D eigenvalue weighted by atomic mass is 10.1. The smallest absolute Gasteiger partial charge is 0.264 e. The molecule has 1 amide bonds. The summed E-state index contributed by atoms with van der Waals surface area (Å²) in [6.45, 7) is 2.09. The Morgan fingerprint density at radius 3 is 2.48 bits per heavy atom. The van der Waals surface area contributed by atoms with Crippen LogP contribution in [0, 0.1) is 6.92 Å². The van der Waals surface area contributed by atoms with Gasteiger partial charge in [0.1, 0.15) is 39.9 Å². The van der Waals surface area contributed by atoms with E-state index in [1.165, 1.54) is 11.3 Å². The molecule has 0 saturated carbocycles. The predicted molar refractivity (Wildman–Crippen MR) is 128 cm³/mol. The molecule has 2 heterocycles. The summed E-state index contributed by atoms with van der Waals surface area (Å²) in [5, 5.41) is 4.47. The lowest BCUT2D eigenvalue weighted by Gasteiger charge is -2.19. The standard InChI is InChI=1S/C24H23ClN4O3S/c1-15-22(33-20(27-15)14-32-19-10-6-17(25)7-11-19)24(30)28-21(23-26-12-13-29(23)2)16-4-8-18(31-3)9-5-16/h4-13,21H,14H2,1-3H3,(H,28,30). The Morgan fingerprint density at radius 2 is 1.85 bits per heavy atom. The number of benzene rings is 2. The highest BCUT2D eigenvalue weighted by molar-refractivity contribution is 7.13. The minimum absolute atomic E-state index is 0.216. The number of methoxy groups -OCH3 is 1. The molecule has 0 radical (unpaired) electrons. The number of thiazole rings is 1. The summed E-state index contributed by atoms with van der Waals surface area (Å²) in [6, 6.07) is 14.2. The van der Waals surface area contributed by atoms with Crippen molar-refractivity contribution in [1.29, 1.82) is 0 Å². The molecule has 1 N–H and O–H groups in total. The van der Waals surface area contributed by atoms with E-state index >= 15 is 0 Å². The fraction of sp³-hybridized carbons (Fsp3) is 0.208. The zero-order valence-electron chi connectivity index (χ0n) is 18.4. The molecule has 0 aliphatic heterocycles. The van der Waals surface area contributed by atoms with Gasteiger partial charge in [-0.15, -0.1) is 11.3 Å². The van der Waals surface area contributed by atoms with E-state index in [0.717, 1.165) is 17.1 Å². The van der Waals surface area contributed by atoms with Crippen LogP contribution in [0.2, 0.25) is 5.02 Å². The lowest BCUT2D eigenvalue weighted by molar-refractivity contribution is 0.0944. The van der Waals surface area contributed by atoms with Crippen LogP contribution in [0.5, 0.6) is 11.5 Å². The van der Waals surface area contributed by atoms with Crippen molar-refractivity contribution in [2.45, 2.75) is 19.6 Å². The Hall–Kier alpha value is -3.36. The highest BCUT2D eigenvalue weighted by Crippen LogP contribution is 2.26. The number of carbonyl (C=O) groups is 1. The van der Waals surface area contributed by atoms with Crippen LogP contribution in [-0.2, 0) is 13.7 Å². The normalized spacial score (nSPS) is 11.8. The van der Waals surface area contributed by atoms with E-state index < -0.39 is 6.04 Å². The van der Waals surface area contributed by atoms with Crippen molar-refractivity contribution < 1.29 is 14.3 Å². The average molecular weight is 483 g/mol. The maximum Gasteiger partial charge on any atom is 0.264 e. The van der Waals surface area contributed by atoms with Gasteiger partial charge in [0, 0.05) is 24.5 Å². The second-order valence-electron chi connectivity index (χ2n) is 7.34. The van der Waals surface area contributed by atoms with Crippen molar-refractivity contribution in [2.75, 3.05) is 7.11 Å². The molecular weight excluding hydrogens is 460 g/mol. The van der Waals surface area contributed by atoms with Crippen LogP contribution in [0.4, 0.5) is 0 Å².